The number of H-pyrrole nitrogens is 1. The van der Waals surface area contributed by atoms with Crippen molar-refractivity contribution in [2.75, 3.05) is 6.54 Å². The number of hydrogen-bond acceptors (Lipinski definition) is 4. The molecule has 1 aromatic heterocycles. The average Bonchev–Trinajstić information content (AvgIpc) is 2.70. The van der Waals surface area contributed by atoms with Crippen molar-refractivity contribution >= 4 is 28.4 Å². The first-order chi connectivity index (χ1) is 13.5. The van der Waals surface area contributed by atoms with Gasteiger partial charge in [-0.05, 0) is 43.7 Å². The molecule has 0 saturated carbocycles. The van der Waals surface area contributed by atoms with E-state index in [-0.39, 0.29) is 18.0 Å². The number of ether oxygens (including phenoxy) is 1. The van der Waals surface area contributed by atoms with Crippen LogP contribution in [0.25, 0.3) is 10.9 Å². The third-order valence-electron chi connectivity index (χ3n) is 4.42. The number of hydrogen-bond donors (Lipinski definition) is 1. The molecular weight excluding hydrogens is 378 g/mol. The van der Waals surface area contributed by atoms with E-state index in [0.29, 0.717) is 40.5 Å². The molecule has 1 unspecified atom stereocenters. The largest absolute Gasteiger partial charge is 0.481 e. The van der Waals surface area contributed by atoms with Crippen LogP contribution < -0.4 is 10.3 Å². The Morgan fingerprint density at radius 2 is 1.96 bits per heavy atom. The van der Waals surface area contributed by atoms with Crippen molar-refractivity contribution in [3.05, 3.63) is 69.7 Å². The summed E-state index contributed by atoms with van der Waals surface area (Å²) in [4.78, 5) is 34.1. The van der Waals surface area contributed by atoms with Crippen LogP contribution in [0, 0.1) is 0 Å². The van der Waals surface area contributed by atoms with E-state index in [1.807, 2.05) is 44.2 Å². The van der Waals surface area contributed by atoms with Gasteiger partial charge in [-0.15, -0.1) is 0 Å². The first-order valence-corrected chi connectivity index (χ1v) is 9.58. The molecule has 6 nitrogen and oxygen atoms in total. The zero-order chi connectivity index (χ0) is 20.1. The molecular formula is C21H22ClN3O3. The van der Waals surface area contributed by atoms with Gasteiger partial charge in [0.25, 0.3) is 11.5 Å². The lowest BCUT2D eigenvalue weighted by atomic mass is 10.2. The van der Waals surface area contributed by atoms with Crippen molar-refractivity contribution in [2.45, 2.75) is 32.9 Å². The van der Waals surface area contributed by atoms with Gasteiger partial charge in [0.05, 0.1) is 17.4 Å². The molecule has 146 valence electrons. The van der Waals surface area contributed by atoms with Gasteiger partial charge in [-0.1, -0.05) is 36.7 Å². The second-order valence-electron chi connectivity index (χ2n) is 6.35. The summed E-state index contributed by atoms with van der Waals surface area (Å²) in [6.45, 7) is 4.42. The van der Waals surface area contributed by atoms with Crippen molar-refractivity contribution in [1.29, 1.82) is 0 Å². The topological polar surface area (TPSA) is 75.3 Å². The molecule has 0 saturated heterocycles. The Kier molecular flexibility index (Phi) is 6.31. The normalized spacial score (nSPS) is 12.0. The highest BCUT2D eigenvalue weighted by atomic mass is 35.5. The lowest BCUT2D eigenvalue weighted by Gasteiger charge is -2.26. The minimum atomic E-state index is -0.607. The number of para-hydroxylation sites is 1. The van der Waals surface area contributed by atoms with Gasteiger partial charge in [0.2, 0.25) is 0 Å². The molecule has 1 amide bonds. The van der Waals surface area contributed by atoms with Crippen LogP contribution in [0.1, 0.15) is 26.1 Å². The van der Waals surface area contributed by atoms with Gasteiger partial charge in [-0.25, -0.2) is 4.98 Å². The van der Waals surface area contributed by atoms with E-state index < -0.39 is 6.10 Å². The predicted molar refractivity (Wildman–Crippen MR) is 110 cm³/mol. The Morgan fingerprint density at radius 1 is 1.21 bits per heavy atom. The highest BCUT2D eigenvalue weighted by Crippen LogP contribution is 2.17. The van der Waals surface area contributed by atoms with E-state index >= 15 is 0 Å². The average molecular weight is 400 g/mol. The number of benzene rings is 2. The van der Waals surface area contributed by atoms with Crippen molar-refractivity contribution in [3.63, 3.8) is 0 Å². The van der Waals surface area contributed by atoms with Crippen LogP contribution >= 0.6 is 11.6 Å². The number of rotatable bonds is 7. The maximum absolute atomic E-state index is 13.0. The molecule has 0 aliphatic carbocycles. The molecule has 1 N–H and O–H groups in total. The van der Waals surface area contributed by atoms with Gasteiger partial charge >= 0.3 is 0 Å². The highest BCUT2D eigenvalue weighted by Gasteiger charge is 2.24. The molecule has 0 aliphatic rings. The Morgan fingerprint density at radius 3 is 2.64 bits per heavy atom. The van der Waals surface area contributed by atoms with Crippen LogP contribution in [0.2, 0.25) is 5.02 Å². The van der Waals surface area contributed by atoms with Crippen LogP contribution in [0.4, 0.5) is 0 Å². The zero-order valence-corrected chi connectivity index (χ0v) is 16.6. The Hall–Kier alpha value is -2.86. The van der Waals surface area contributed by atoms with Gasteiger partial charge in [-0.3, -0.25) is 9.59 Å². The first kappa shape index (κ1) is 19.9. The lowest BCUT2D eigenvalue weighted by Crippen LogP contribution is -2.41. The molecule has 0 bridgehead atoms. The van der Waals surface area contributed by atoms with E-state index in [2.05, 4.69) is 9.97 Å². The Bertz CT molecular complexity index is 1020. The van der Waals surface area contributed by atoms with Crippen LogP contribution in [-0.2, 0) is 11.3 Å². The fourth-order valence-electron chi connectivity index (χ4n) is 2.94. The minimum absolute atomic E-state index is 0.150. The SMILES string of the molecule is CCC(Oc1ccccc1)C(=O)N(CC)Cc1nc2cc(Cl)ccc2c(=O)[nH]1. The summed E-state index contributed by atoms with van der Waals surface area (Å²) in [6, 6.07) is 14.2. The first-order valence-electron chi connectivity index (χ1n) is 9.20. The molecule has 0 fully saturated rings. The number of fused-ring (bicyclic) bond motifs is 1. The number of halogens is 1. The standard InChI is InChI=1S/C21H22ClN3O3/c1-3-18(28-15-8-6-5-7-9-15)21(27)25(4-2)13-19-23-17-12-14(22)10-11-16(17)20(26)24-19/h5-12,18H,3-4,13H2,1-2H3,(H,23,24,26). The highest BCUT2D eigenvalue weighted by molar-refractivity contribution is 6.31. The maximum Gasteiger partial charge on any atom is 0.264 e. The summed E-state index contributed by atoms with van der Waals surface area (Å²) in [6.07, 6.45) is -0.0782. The molecule has 3 aromatic rings. The fraction of sp³-hybridized carbons (Fsp3) is 0.286. The number of carbonyl (C=O) groups is 1. The molecule has 2 aromatic carbocycles. The number of aromatic nitrogens is 2. The lowest BCUT2D eigenvalue weighted by molar-refractivity contribution is -0.139. The predicted octanol–water partition coefficient (Wildman–Crippen LogP) is 3.78. The van der Waals surface area contributed by atoms with E-state index in [9.17, 15) is 9.59 Å². The van der Waals surface area contributed by atoms with E-state index in [1.54, 1.807) is 23.1 Å². The number of amides is 1. The summed E-state index contributed by atoms with van der Waals surface area (Å²) in [5, 5.41) is 0.962. The summed E-state index contributed by atoms with van der Waals surface area (Å²) in [5.74, 6) is 0.901. The minimum Gasteiger partial charge on any atom is -0.481 e. The molecule has 3 rings (SSSR count). The third-order valence-corrected chi connectivity index (χ3v) is 4.65. The summed E-state index contributed by atoms with van der Waals surface area (Å²) in [5.41, 5.74) is 0.245. The number of nitrogens with zero attached hydrogens (tertiary/aromatic N) is 2. The van der Waals surface area contributed by atoms with Crippen LogP contribution in [0.3, 0.4) is 0 Å². The fourth-order valence-corrected chi connectivity index (χ4v) is 3.10. The third kappa shape index (κ3) is 4.51. The zero-order valence-electron chi connectivity index (χ0n) is 15.8. The molecule has 0 spiro atoms. The van der Waals surface area contributed by atoms with Gasteiger partial charge < -0.3 is 14.6 Å². The van der Waals surface area contributed by atoms with E-state index in [0.717, 1.165) is 0 Å². The van der Waals surface area contributed by atoms with Crippen LogP contribution in [0.15, 0.2) is 53.3 Å². The van der Waals surface area contributed by atoms with Crippen LogP contribution in [-0.4, -0.2) is 33.4 Å². The number of aromatic amines is 1. The van der Waals surface area contributed by atoms with Crippen molar-refractivity contribution in [2.24, 2.45) is 0 Å². The molecule has 28 heavy (non-hydrogen) atoms. The maximum atomic E-state index is 13.0. The number of likely N-dealkylation sites (N-methyl/N-ethyl adjacent to an activating group) is 1. The number of carbonyl (C=O) groups excluding carboxylic acids is 1. The van der Waals surface area contributed by atoms with Gasteiger partial charge in [0, 0.05) is 11.6 Å². The van der Waals surface area contributed by atoms with Gasteiger partial charge in [0.1, 0.15) is 11.6 Å². The molecule has 0 aliphatic heterocycles. The quantitative estimate of drug-likeness (QED) is 0.656. The number of nitrogens with one attached hydrogen (secondary N) is 1. The summed E-state index contributed by atoms with van der Waals surface area (Å²) < 4.78 is 5.85. The Labute approximate surface area is 168 Å². The van der Waals surface area contributed by atoms with E-state index in [4.69, 9.17) is 16.3 Å². The molecule has 1 heterocycles. The molecule has 7 heteroatoms. The Balaban J connectivity index is 1.81. The summed E-state index contributed by atoms with van der Waals surface area (Å²) >= 11 is 6.01. The molecule has 1 atom stereocenters. The summed E-state index contributed by atoms with van der Waals surface area (Å²) in [7, 11) is 0. The van der Waals surface area contributed by atoms with Crippen molar-refractivity contribution < 1.29 is 9.53 Å². The van der Waals surface area contributed by atoms with Gasteiger partial charge in [0.15, 0.2) is 6.10 Å². The van der Waals surface area contributed by atoms with Crippen molar-refractivity contribution in [3.8, 4) is 5.75 Å². The van der Waals surface area contributed by atoms with Gasteiger partial charge in [-0.2, -0.15) is 0 Å². The second kappa shape index (κ2) is 8.89. The van der Waals surface area contributed by atoms with E-state index in [1.165, 1.54) is 0 Å². The monoisotopic (exact) mass is 399 g/mol. The van der Waals surface area contributed by atoms with Crippen molar-refractivity contribution in [1.82, 2.24) is 14.9 Å². The molecule has 0 radical (unpaired) electrons. The smallest absolute Gasteiger partial charge is 0.264 e. The van der Waals surface area contributed by atoms with Crippen LogP contribution in [0.5, 0.6) is 5.75 Å². The second-order valence-corrected chi connectivity index (χ2v) is 6.79.